The third-order valence-electron chi connectivity index (χ3n) is 3.68. The molecule has 1 heterocycles. The van der Waals surface area contributed by atoms with E-state index in [1.54, 1.807) is 17.9 Å². The van der Waals surface area contributed by atoms with Gasteiger partial charge in [-0.05, 0) is 46.8 Å². The summed E-state index contributed by atoms with van der Waals surface area (Å²) < 4.78 is 10.7. The van der Waals surface area contributed by atoms with Crippen LogP contribution in [0.15, 0.2) is 34.8 Å². The monoisotopic (exact) mass is 344 g/mol. The first-order chi connectivity index (χ1) is 11.8. The highest BCUT2D eigenvalue weighted by molar-refractivity contribution is 5.90. The first-order valence-electron chi connectivity index (χ1n) is 8.36. The third kappa shape index (κ3) is 4.68. The molecule has 1 unspecified atom stereocenters. The van der Waals surface area contributed by atoms with Crippen LogP contribution in [0.5, 0.6) is 0 Å². The Bertz CT molecular complexity index is 736. The summed E-state index contributed by atoms with van der Waals surface area (Å²) in [5, 5.41) is 0. The number of hydrogen-bond donors (Lipinski definition) is 0. The van der Waals surface area contributed by atoms with Gasteiger partial charge in [-0.25, -0.2) is 9.78 Å². The van der Waals surface area contributed by atoms with E-state index in [0.717, 1.165) is 0 Å². The molecule has 1 aromatic heterocycles. The maximum Gasteiger partial charge on any atom is 0.331 e. The van der Waals surface area contributed by atoms with Crippen molar-refractivity contribution in [3.8, 4) is 0 Å². The predicted octanol–water partition coefficient (Wildman–Crippen LogP) is 3.42. The van der Waals surface area contributed by atoms with Crippen LogP contribution >= 0.6 is 0 Å². The summed E-state index contributed by atoms with van der Waals surface area (Å²) in [7, 11) is 0. The number of rotatable bonds is 6. The molecule has 1 aromatic carbocycles. The fourth-order valence-corrected chi connectivity index (χ4v) is 2.68. The Morgan fingerprint density at radius 1 is 1.12 bits per heavy atom. The standard InChI is InChI=1S/C19H24N2O4/c1-12(2)21(13(3)4)19(23)14(5)24-18(22)11-10-17-20-15-8-6-7-9-16(15)25-17/h6-14H,1-5H3/b11-10+. The molecule has 0 aliphatic rings. The predicted molar refractivity (Wildman–Crippen MR) is 95.7 cm³/mol. The number of benzene rings is 1. The van der Waals surface area contributed by atoms with Gasteiger partial charge in [0.15, 0.2) is 11.7 Å². The van der Waals surface area contributed by atoms with Crippen molar-refractivity contribution in [3.05, 3.63) is 36.2 Å². The zero-order chi connectivity index (χ0) is 18.6. The third-order valence-corrected chi connectivity index (χ3v) is 3.68. The number of aromatic nitrogens is 1. The van der Waals surface area contributed by atoms with Gasteiger partial charge in [0.2, 0.25) is 5.89 Å². The number of para-hydroxylation sites is 2. The number of fused-ring (bicyclic) bond motifs is 1. The Morgan fingerprint density at radius 2 is 1.76 bits per heavy atom. The lowest BCUT2D eigenvalue weighted by Crippen LogP contribution is -2.47. The Balaban J connectivity index is 1.99. The molecular weight excluding hydrogens is 320 g/mol. The Kier molecular flexibility index (Phi) is 5.96. The molecule has 0 radical (unpaired) electrons. The highest BCUT2D eigenvalue weighted by Gasteiger charge is 2.27. The van der Waals surface area contributed by atoms with E-state index < -0.39 is 12.1 Å². The van der Waals surface area contributed by atoms with Crippen LogP contribution in [0.25, 0.3) is 17.2 Å². The fraction of sp³-hybridized carbons (Fsp3) is 0.421. The van der Waals surface area contributed by atoms with Crippen molar-refractivity contribution >= 4 is 29.1 Å². The van der Waals surface area contributed by atoms with Crippen molar-refractivity contribution in [2.45, 2.75) is 52.8 Å². The van der Waals surface area contributed by atoms with Gasteiger partial charge in [-0.3, -0.25) is 4.79 Å². The van der Waals surface area contributed by atoms with Crippen molar-refractivity contribution in [1.82, 2.24) is 9.88 Å². The van der Waals surface area contributed by atoms with Crippen molar-refractivity contribution in [3.63, 3.8) is 0 Å². The molecule has 2 rings (SSSR count). The van der Waals surface area contributed by atoms with Gasteiger partial charge >= 0.3 is 5.97 Å². The maximum atomic E-state index is 12.4. The molecule has 0 spiro atoms. The van der Waals surface area contributed by atoms with Crippen molar-refractivity contribution in [2.75, 3.05) is 0 Å². The minimum absolute atomic E-state index is 0.0314. The first kappa shape index (κ1) is 18.7. The summed E-state index contributed by atoms with van der Waals surface area (Å²) >= 11 is 0. The van der Waals surface area contributed by atoms with Gasteiger partial charge in [0.1, 0.15) is 5.52 Å². The smallest absolute Gasteiger partial charge is 0.331 e. The molecule has 0 saturated carbocycles. The summed E-state index contributed by atoms with van der Waals surface area (Å²) in [5.41, 5.74) is 1.35. The SMILES string of the molecule is CC(OC(=O)/C=C/c1nc2ccccc2o1)C(=O)N(C(C)C)C(C)C. The summed E-state index contributed by atoms with van der Waals surface area (Å²) in [4.78, 5) is 30.3. The van der Waals surface area contributed by atoms with Gasteiger partial charge < -0.3 is 14.1 Å². The molecule has 0 fully saturated rings. The van der Waals surface area contributed by atoms with E-state index in [4.69, 9.17) is 9.15 Å². The maximum absolute atomic E-state index is 12.4. The lowest BCUT2D eigenvalue weighted by molar-refractivity contribution is -0.157. The average molecular weight is 344 g/mol. The van der Waals surface area contributed by atoms with Crippen LogP contribution in [0.3, 0.4) is 0 Å². The molecule has 0 saturated heterocycles. The molecule has 134 valence electrons. The number of oxazole rings is 1. The first-order valence-corrected chi connectivity index (χ1v) is 8.36. The summed E-state index contributed by atoms with van der Waals surface area (Å²) in [6, 6.07) is 7.38. The van der Waals surface area contributed by atoms with Gasteiger partial charge in [0.05, 0.1) is 0 Å². The van der Waals surface area contributed by atoms with Crippen LogP contribution in [-0.4, -0.2) is 39.9 Å². The average Bonchev–Trinajstić information content (AvgIpc) is 2.95. The molecular formula is C19H24N2O4. The molecule has 1 amide bonds. The quantitative estimate of drug-likeness (QED) is 0.593. The summed E-state index contributed by atoms with van der Waals surface area (Å²) in [6.07, 6.45) is 1.79. The van der Waals surface area contributed by atoms with E-state index in [-0.39, 0.29) is 18.0 Å². The van der Waals surface area contributed by atoms with Crippen LogP contribution in [-0.2, 0) is 14.3 Å². The zero-order valence-corrected chi connectivity index (χ0v) is 15.2. The van der Waals surface area contributed by atoms with Crippen LogP contribution in [0.4, 0.5) is 0 Å². The Labute approximate surface area is 147 Å². The number of hydrogen-bond acceptors (Lipinski definition) is 5. The number of carbonyl (C=O) groups excluding carboxylic acids is 2. The normalized spacial score (nSPS) is 12.9. The largest absolute Gasteiger partial charge is 0.449 e. The van der Waals surface area contributed by atoms with Gasteiger partial charge in [0.25, 0.3) is 5.91 Å². The van der Waals surface area contributed by atoms with Crippen LogP contribution in [0.1, 0.15) is 40.5 Å². The summed E-state index contributed by atoms with van der Waals surface area (Å²) in [5.74, 6) is -0.521. The molecule has 0 aliphatic carbocycles. The molecule has 25 heavy (non-hydrogen) atoms. The summed E-state index contributed by atoms with van der Waals surface area (Å²) in [6.45, 7) is 9.30. The molecule has 0 aliphatic heterocycles. The van der Waals surface area contributed by atoms with Gasteiger partial charge in [-0.2, -0.15) is 0 Å². The van der Waals surface area contributed by atoms with E-state index in [1.807, 2.05) is 45.9 Å². The van der Waals surface area contributed by atoms with E-state index in [1.165, 1.54) is 12.2 Å². The Hall–Kier alpha value is -2.63. The van der Waals surface area contributed by atoms with Crippen molar-refractivity contribution in [1.29, 1.82) is 0 Å². The topological polar surface area (TPSA) is 72.6 Å². The lowest BCUT2D eigenvalue weighted by Gasteiger charge is -2.32. The van der Waals surface area contributed by atoms with E-state index >= 15 is 0 Å². The second-order valence-electron chi connectivity index (χ2n) is 6.37. The van der Waals surface area contributed by atoms with Crippen LogP contribution in [0.2, 0.25) is 0 Å². The highest BCUT2D eigenvalue weighted by Crippen LogP contribution is 2.15. The Morgan fingerprint density at radius 3 is 2.36 bits per heavy atom. The minimum Gasteiger partial charge on any atom is -0.449 e. The molecule has 6 nitrogen and oxygen atoms in total. The number of amides is 1. The van der Waals surface area contributed by atoms with Crippen LogP contribution in [0, 0.1) is 0 Å². The zero-order valence-electron chi connectivity index (χ0n) is 15.2. The minimum atomic E-state index is -0.856. The number of carbonyl (C=O) groups is 2. The molecule has 0 N–H and O–H groups in total. The van der Waals surface area contributed by atoms with Gasteiger partial charge in [0, 0.05) is 24.2 Å². The molecule has 1 atom stereocenters. The molecule has 6 heteroatoms. The number of ether oxygens (including phenoxy) is 1. The second kappa shape index (κ2) is 7.96. The second-order valence-corrected chi connectivity index (χ2v) is 6.37. The molecule has 2 aromatic rings. The number of esters is 1. The fourth-order valence-electron chi connectivity index (χ4n) is 2.68. The van der Waals surface area contributed by atoms with Gasteiger partial charge in [-0.15, -0.1) is 0 Å². The number of nitrogens with zero attached hydrogens (tertiary/aromatic N) is 2. The van der Waals surface area contributed by atoms with Crippen molar-refractivity contribution < 1.29 is 18.7 Å². The van der Waals surface area contributed by atoms with E-state index in [9.17, 15) is 9.59 Å². The highest BCUT2D eigenvalue weighted by atomic mass is 16.5. The van der Waals surface area contributed by atoms with E-state index in [0.29, 0.717) is 17.0 Å². The van der Waals surface area contributed by atoms with Gasteiger partial charge in [-0.1, -0.05) is 12.1 Å². The van der Waals surface area contributed by atoms with Crippen molar-refractivity contribution in [2.24, 2.45) is 0 Å². The molecule has 0 bridgehead atoms. The lowest BCUT2D eigenvalue weighted by atomic mass is 10.2. The van der Waals surface area contributed by atoms with Crippen LogP contribution < -0.4 is 0 Å². The van der Waals surface area contributed by atoms with E-state index in [2.05, 4.69) is 4.98 Å².